The van der Waals surface area contributed by atoms with E-state index in [4.69, 9.17) is 4.74 Å². The molecule has 1 fully saturated rings. The van der Waals surface area contributed by atoms with Gasteiger partial charge in [0.05, 0.1) is 0 Å². The number of hydrogen-bond donors (Lipinski definition) is 2. The van der Waals surface area contributed by atoms with Gasteiger partial charge in [-0.3, -0.25) is 0 Å². The van der Waals surface area contributed by atoms with Crippen molar-refractivity contribution in [3.63, 3.8) is 0 Å². The Morgan fingerprint density at radius 3 is 2.91 bits per heavy atom. The number of nitrogens with one attached hydrogen (secondary N) is 2. The largest absolute Gasteiger partial charge is 0.474 e. The number of rotatable bonds is 5. The van der Waals surface area contributed by atoms with Crippen molar-refractivity contribution >= 4 is 11.6 Å². The van der Waals surface area contributed by atoms with Gasteiger partial charge >= 0.3 is 0 Å². The summed E-state index contributed by atoms with van der Waals surface area (Å²) >= 11 is 0. The van der Waals surface area contributed by atoms with E-state index >= 15 is 0 Å². The molecule has 2 N–H and O–H groups in total. The Bertz CT molecular complexity index is 613. The molecule has 0 spiro atoms. The lowest BCUT2D eigenvalue weighted by atomic mass is 10.1. The molecule has 0 atom stereocenters. The molecule has 2 aromatic heterocycles. The van der Waals surface area contributed by atoms with Crippen molar-refractivity contribution in [1.82, 2.24) is 20.3 Å². The smallest absolute Gasteiger partial charge is 0.218 e. The highest BCUT2D eigenvalue weighted by Crippen LogP contribution is 2.19. The van der Waals surface area contributed by atoms with E-state index in [2.05, 4.69) is 32.5 Å². The third-order valence-corrected chi connectivity index (χ3v) is 3.64. The molecule has 1 saturated heterocycles. The molecule has 1 aliphatic heterocycles. The van der Waals surface area contributed by atoms with Crippen LogP contribution in [0.25, 0.3) is 0 Å². The minimum atomic E-state index is 0.227. The topological polar surface area (TPSA) is 72.0 Å². The average molecular weight is 299 g/mol. The number of hydrogen-bond acceptors (Lipinski definition) is 6. The monoisotopic (exact) mass is 299 g/mol. The zero-order chi connectivity index (χ0) is 15.2. The molecule has 0 unspecified atom stereocenters. The van der Waals surface area contributed by atoms with E-state index in [1.165, 1.54) is 6.33 Å². The fourth-order valence-corrected chi connectivity index (χ4v) is 2.43. The molecule has 22 heavy (non-hydrogen) atoms. The van der Waals surface area contributed by atoms with E-state index in [-0.39, 0.29) is 6.10 Å². The van der Waals surface area contributed by atoms with Gasteiger partial charge in [-0.1, -0.05) is 13.0 Å². The molecular weight excluding hydrogens is 278 g/mol. The molecule has 0 bridgehead atoms. The van der Waals surface area contributed by atoms with Gasteiger partial charge in [-0.05, 0) is 44.5 Å². The normalized spacial score (nSPS) is 15.5. The van der Waals surface area contributed by atoms with Crippen LogP contribution in [-0.4, -0.2) is 34.1 Å². The van der Waals surface area contributed by atoms with Gasteiger partial charge in [0.15, 0.2) is 0 Å². The van der Waals surface area contributed by atoms with Crippen LogP contribution in [0.3, 0.4) is 0 Å². The quantitative estimate of drug-likeness (QED) is 0.882. The lowest BCUT2D eigenvalue weighted by Crippen LogP contribution is -2.34. The molecule has 0 amide bonds. The van der Waals surface area contributed by atoms with Crippen molar-refractivity contribution in [2.24, 2.45) is 0 Å². The maximum Gasteiger partial charge on any atom is 0.218 e. The summed E-state index contributed by atoms with van der Waals surface area (Å²) in [6, 6.07) is 7.75. The molecule has 3 rings (SSSR count). The highest BCUT2D eigenvalue weighted by Gasteiger charge is 2.15. The highest BCUT2D eigenvalue weighted by molar-refractivity contribution is 5.52. The number of aryl methyl sites for hydroxylation is 1. The van der Waals surface area contributed by atoms with Crippen LogP contribution in [0.2, 0.25) is 0 Å². The molecule has 0 radical (unpaired) electrons. The van der Waals surface area contributed by atoms with Crippen LogP contribution >= 0.6 is 0 Å². The standard InChI is InChI=1S/C16H21N5O/c1-2-12-4-3-5-14(20-12)21-15-10-16(19-11-18-15)22-13-6-8-17-9-7-13/h3-5,10-11,13,17H,2,6-9H2,1H3,(H,18,19,20,21). The van der Waals surface area contributed by atoms with Crippen LogP contribution in [0.4, 0.5) is 11.6 Å². The van der Waals surface area contributed by atoms with Crippen LogP contribution in [-0.2, 0) is 6.42 Å². The molecule has 6 heteroatoms. The van der Waals surface area contributed by atoms with Gasteiger partial charge < -0.3 is 15.4 Å². The number of piperidine rings is 1. The van der Waals surface area contributed by atoms with E-state index in [9.17, 15) is 0 Å². The maximum absolute atomic E-state index is 5.93. The van der Waals surface area contributed by atoms with Crippen LogP contribution in [0.15, 0.2) is 30.6 Å². The van der Waals surface area contributed by atoms with E-state index in [1.54, 1.807) is 0 Å². The Hall–Kier alpha value is -2.21. The van der Waals surface area contributed by atoms with Crippen molar-refractivity contribution in [1.29, 1.82) is 0 Å². The van der Waals surface area contributed by atoms with Gasteiger partial charge in [0.25, 0.3) is 0 Å². The molecule has 2 aromatic rings. The Balaban J connectivity index is 1.67. The molecule has 116 valence electrons. The van der Waals surface area contributed by atoms with Crippen LogP contribution < -0.4 is 15.4 Å². The number of aromatic nitrogens is 3. The number of nitrogens with zero attached hydrogens (tertiary/aromatic N) is 3. The summed E-state index contributed by atoms with van der Waals surface area (Å²) in [7, 11) is 0. The van der Waals surface area contributed by atoms with E-state index in [1.807, 2.05) is 24.3 Å². The number of ether oxygens (including phenoxy) is 1. The summed E-state index contributed by atoms with van der Waals surface area (Å²) in [5.74, 6) is 2.08. The zero-order valence-corrected chi connectivity index (χ0v) is 12.7. The minimum Gasteiger partial charge on any atom is -0.474 e. The Kier molecular flexibility index (Phi) is 4.80. The summed E-state index contributed by atoms with van der Waals surface area (Å²) in [5, 5.41) is 6.52. The second-order valence-corrected chi connectivity index (χ2v) is 5.30. The van der Waals surface area contributed by atoms with Gasteiger partial charge in [0.1, 0.15) is 24.1 Å². The van der Waals surface area contributed by atoms with Crippen molar-refractivity contribution in [2.75, 3.05) is 18.4 Å². The third kappa shape index (κ3) is 3.92. The van der Waals surface area contributed by atoms with E-state index < -0.39 is 0 Å². The first kappa shape index (κ1) is 14.7. The lowest BCUT2D eigenvalue weighted by Gasteiger charge is -2.23. The van der Waals surface area contributed by atoms with Gasteiger partial charge in [-0.15, -0.1) is 0 Å². The minimum absolute atomic E-state index is 0.227. The summed E-state index contributed by atoms with van der Waals surface area (Å²) < 4.78 is 5.93. The molecular formula is C16H21N5O. The molecule has 0 aliphatic carbocycles. The first-order valence-corrected chi connectivity index (χ1v) is 7.76. The second kappa shape index (κ2) is 7.17. The van der Waals surface area contributed by atoms with Crippen LogP contribution in [0.5, 0.6) is 5.88 Å². The third-order valence-electron chi connectivity index (χ3n) is 3.64. The second-order valence-electron chi connectivity index (χ2n) is 5.30. The first-order chi connectivity index (χ1) is 10.8. The molecule has 6 nitrogen and oxygen atoms in total. The molecule has 0 saturated carbocycles. The van der Waals surface area contributed by atoms with Gasteiger partial charge in [0, 0.05) is 11.8 Å². The van der Waals surface area contributed by atoms with Crippen molar-refractivity contribution in [3.05, 3.63) is 36.3 Å². The predicted molar refractivity (Wildman–Crippen MR) is 85.4 cm³/mol. The number of pyridine rings is 1. The Morgan fingerprint density at radius 1 is 1.23 bits per heavy atom. The summed E-state index contributed by atoms with van der Waals surface area (Å²) in [6.07, 6.45) is 4.66. The molecule has 0 aromatic carbocycles. The maximum atomic E-state index is 5.93. The van der Waals surface area contributed by atoms with Gasteiger partial charge in [-0.2, -0.15) is 0 Å². The van der Waals surface area contributed by atoms with Crippen LogP contribution in [0, 0.1) is 0 Å². The van der Waals surface area contributed by atoms with Gasteiger partial charge in [0.2, 0.25) is 5.88 Å². The SMILES string of the molecule is CCc1cccc(Nc2cc(OC3CCNCC3)ncn2)n1. The summed E-state index contributed by atoms with van der Waals surface area (Å²) in [5.41, 5.74) is 1.05. The first-order valence-electron chi connectivity index (χ1n) is 7.76. The highest BCUT2D eigenvalue weighted by atomic mass is 16.5. The Labute approximate surface area is 130 Å². The summed E-state index contributed by atoms with van der Waals surface area (Å²) in [4.78, 5) is 12.9. The Morgan fingerprint density at radius 2 is 2.09 bits per heavy atom. The molecule has 3 heterocycles. The average Bonchev–Trinajstić information content (AvgIpc) is 2.56. The number of anilines is 2. The molecule has 1 aliphatic rings. The summed E-state index contributed by atoms with van der Waals surface area (Å²) in [6.45, 7) is 4.07. The van der Waals surface area contributed by atoms with Crippen molar-refractivity contribution in [3.8, 4) is 5.88 Å². The fraction of sp³-hybridized carbons (Fsp3) is 0.438. The van der Waals surface area contributed by atoms with Crippen molar-refractivity contribution < 1.29 is 4.74 Å². The van der Waals surface area contributed by atoms with E-state index in [0.29, 0.717) is 11.7 Å². The van der Waals surface area contributed by atoms with Gasteiger partial charge in [-0.25, -0.2) is 15.0 Å². The fourth-order valence-electron chi connectivity index (χ4n) is 2.43. The predicted octanol–water partition coefficient (Wildman–Crippen LogP) is 2.31. The van der Waals surface area contributed by atoms with Crippen LogP contribution in [0.1, 0.15) is 25.5 Å². The van der Waals surface area contributed by atoms with E-state index in [0.717, 1.165) is 43.9 Å². The zero-order valence-electron chi connectivity index (χ0n) is 12.7. The van der Waals surface area contributed by atoms with Crippen molar-refractivity contribution in [2.45, 2.75) is 32.3 Å². The lowest BCUT2D eigenvalue weighted by molar-refractivity contribution is 0.156.